The van der Waals surface area contributed by atoms with E-state index in [1.807, 2.05) is 24.7 Å². The van der Waals surface area contributed by atoms with E-state index in [-0.39, 0.29) is 0 Å². The predicted octanol–water partition coefficient (Wildman–Crippen LogP) is 8.25. The molecule has 10 rings (SSSR count). The van der Waals surface area contributed by atoms with Gasteiger partial charge in [0.15, 0.2) is 5.65 Å². The first-order chi connectivity index (χ1) is 20.4. The van der Waals surface area contributed by atoms with Gasteiger partial charge in [0.2, 0.25) is 0 Å². The summed E-state index contributed by atoms with van der Waals surface area (Å²) >= 11 is 0. The highest BCUT2D eigenvalue weighted by atomic mass is 15.1. The number of pyridine rings is 3. The fourth-order valence-electron chi connectivity index (χ4n) is 7.24. The molecular formula is C36H21N5. The number of para-hydroxylation sites is 2. The number of hydrogen-bond acceptors (Lipinski definition) is 3. The third kappa shape index (κ3) is 2.63. The summed E-state index contributed by atoms with van der Waals surface area (Å²) in [5.74, 6) is 0. The van der Waals surface area contributed by atoms with Crippen molar-refractivity contribution in [1.82, 2.24) is 23.9 Å². The molecule has 190 valence electrons. The first kappa shape index (κ1) is 21.3. The first-order valence-corrected chi connectivity index (χ1v) is 13.9. The minimum absolute atomic E-state index is 0.762. The minimum atomic E-state index is 0.762. The minimum Gasteiger partial charge on any atom is -0.309 e. The normalized spacial score (nSPS) is 12.8. The van der Waals surface area contributed by atoms with E-state index >= 15 is 0 Å². The molecule has 41 heavy (non-hydrogen) atoms. The van der Waals surface area contributed by atoms with E-state index in [0.717, 1.165) is 34.1 Å². The van der Waals surface area contributed by atoms with Gasteiger partial charge < -0.3 is 4.57 Å². The van der Waals surface area contributed by atoms with Gasteiger partial charge >= 0.3 is 0 Å². The van der Waals surface area contributed by atoms with E-state index in [1.165, 1.54) is 60.5 Å². The van der Waals surface area contributed by atoms with Crippen LogP contribution in [0.25, 0.3) is 77.1 Å². The summed E-state index contributed by atoms with van der Waals surface area (Å²) in [6, 6.07) is 34.9. The molecule has 5 heterocycles. The second-order valence-electron chi connectivity index (χ2n) is 10.9. The van der Waals surface area contributed by atoms with E-state index < -0.39 is 0 Å². The summed E-state index contributed by atoms with van der Waals surface area (Å²) in [4.78, 5) is 14.3. The molecule has 0 atom stereocenters. The second-order valence-corrected chi connectivity index (χ2v) is 10.9. The van der Waals surface area contributed by atoms with Gasteiger partial charge in [-0.25, -0.2) is 9.97 Å². The summed E-state index contributed by atoms with van der Waals surface area (Å²) in [6.45, 7) is 0. The quantitative estimate of drug-likeness (QED) is 0.204. The smallest absolute Gasteiger partial charge is 0.178 e. The van der Waals surface area contributed by atoms with Gasteiger partial charge in [0, 0.05) is 51.4 Å². The summed E-state index contributed by atoms with van der Waals surface area (Å²) in [5.41, 5.74) is 12.8. The number of aromatic nitrogens is 5. The second kappa shape index (κ2) is 7.55. The maximum absolute atomic E-state index is 5.12. The van der Waals surface area contributed by atoms with Crippen LogP contribution in [0, 0.1) is 0 Å². The average Bonchev–Trinajstić information content (AvgIpc) is 3.71. The fraction of sp³-hybridized carbons (Fsp3) is 0.0278. The highest BCUT2D eigenvalue weighted by molar-refractivity contribution is 6.20. The Morgan fingerprint density at radius 2 is 1.49 bits per heavy atom. The van der Waals surface area contributed by atoms with Gasteiger partial charge in [0.05, 0.1) is 22.1 Å². The van der Waals surface area contributed by atoms with Crippen LogP contribution in [0.1, 0.15) is 11.1 Å². The molecule has 5 aromatic heterocycles. The molecule has 0 saturated carbocycles. The number of imidazole rings is 1. The number of fused-ring (bicyclic) bond motifs is 16. The zero-order valence-corrected chi connectivity index (χ0v) is 21.9. The van der Waals surface area contributed by atoms with Crippen LogP contribution >= 0.6 is 0 Å². The molecule has 0 saturated heterocycles. The summed E-state index contributed by atoms with van der Waals surface area (Å²) in [7, 11) is 0. The molecule has 0 bridgehead atoms. The third-order valence-corrected chi connectivity index (χ3v) is 8.87. The maximum atomic E-state index is 5.12. The molecule has 9 aromatic rings. The van der Waals surface area contributed by atoms with E-state index in [9.17, 15) is 0 Å². The van der Waals surface area contributed by atoms with Crippen LogP contribution in [-0.2, 0) is 6.42 Å². The monoisotopic (exact) mass is 523 g/mol. The fourth-order valence-corrected chi connectivity index (χ4v) is 7.24. The lowest BCUT2D eigenvalue weighted by Crippen LogP contribution is -1.96. The van der Waals surface area contributed by atoms with Gasteiger partial charge in [-0.15, -0.1) is 0 Å². The van der Waals surface area contributed by atoms with Crippen LogP contribution in [-0.4, -0.2) is 23.9 Å². The third-order valence-electron chi connectivity index (χ3n) is 8.87. The Hall–Kier alpha value is -5.55. The van der Waals surface area contributed by atoms with Crippen LogP contribution in [0.5, 0.6) is 0 Å². The Bertz CT molecular complexity index is 2550. The average molecular weight is 524 g/mol. The van der Waals surface area contributed by atoms with Crippen molar-refractivity contribution >= 4 is 60.3 Å². The Morgan fingerprint density at radius 1 is 0.634 bits per heavy atom. The van der Waals surface area contributed by atoms with Gasteiger partial charge in [0.25, 0.3) is 0 Å². The largest absolute Gasteiger partial charge is 0.309 e. The molecular weight excluding hydrogens is 502 g/mol. The lowest BCUT2D eigenvalue weighted by molar-refractivity contribution is 1.18. The highest BCUT2D eigenvalue weighted by Gasteiger charge is 2.28. The zero-order valence-electron chi connectivity index (χ0n) is 21.9. The van der Waals surface area contributed by atoms with Crippen LogP contribution in [0.3, 0.4) is 0 Å². The molecule has 0 radical (unpaired) electrons. The van der Waals surface area contributed by atoms with Crippen molar-refractivity contribution < 1.29 is 0 Å². The summed E-state index contributed by atoms with van der Waals surface area (Å²) in [5, 5.41) is 6.05. The zero-order chi connectivity index (χ0) is 26.7. The van der Waals surface area contributed by atoms with Crippen molar-refractivity contribution in [2.45, 2.75) is 6.42 Å². The topological polar surface area (TPSA) is 48.0 Å². The molecule has 1 aliphatic rings. The van der Waals surface area contributed by atoms with Crippen molar-refractivity contribution in [3.63, 3.8) is 0 Å². The number of benzene rings is 4. The first-order valence-electron chi connectivity index (χ1n) is 13.9. The van der Waals surface area contributed by atoms with E-state index in [2.05, 4.69) is 110 Å². The van der Waals surface area contributed by atoms with Crippen LogP contribution in [0.4, 0.5) is 0 Å². The lowest BCUT2D eigenvalue weighted by Gasteiger charge is -2.13. The number of nitrogens with zero attached hydrogens (tertiary/aromatic N) is 5. The Labute approximate surface area is 234 Å². The standard InChI is InChI=1S/C36H21N5/c1-2-7-22(8-3-1)40-29-10-5-4-9-23(29)26-13-12-21-19-27-24(32(21)34(26)40)14-15-25-28-20-37-18-16-30(28)41-31-11-6-17-38-35(31)39-36(41)33(25)27/h1-18,20H,19H2. The van der Waals surface area contributed by atoms with E-state index in [4.69, 9.17) is 4.98 Å². The number of rotatable bonds is 1. The van der Waals surface area contributed by atoms with E-state index in [1.54, 1.807) is 0 Å². The summed E-state index contributed by atoms with van der Waals surface area (Å²) < 4.78 is 4.71. The molecule has 1 aliphatic carbocycles. The number of hydrogen-bond donors (Lipinski definition) is 0. The van der Waals surface area contributed by atoms with Crippen LogP contribution in [0.2, 0.25) is 0 Å². The Kier molecular flexibility index (Phi) is 3.92. The predicted molar refractivity (Wildman–Crippen MR) is 166 cm³/mol. The highest BCUT2D eigenvalue weighted by Crippen LogP contribution is 2.48. The molecule has 4 aromatic carbocycles. The SMILES string of the molecule is c1ccc(-n2c3ccccc3c3ccc4c(c32)-c2ccc3c5cnccc5n5c6cccnc6nc5c3c2C4)cc1. The molecule has 5 heteroatoms. The van der Waals surface area contributed by atoms with Gasteiger partial charge in [0.1, 0.15) is 5.65 Å². The molecule has 0 N–H and O–H groups in total. The Morgan fingerprint density at radius 3 is 2.44 bits per heavy atom. The molecule has 0 unspecified atom stereocenters. The van der Waals surface area contributed by atoms with Crippen LogP contribution in [0.15, 0.2) is 116 Å². The van der Waals surface area contributed by atoms with Crippen LogP contribution < -0.4 is 0 Å². The lowest BCUT2D eigenvalue weighted by atomic mass is 9.97. The van der Waals surface area contributed by atoms with Gasteiger partial charge in [-0.2, -0.15) is 0 Å². The van der Waals surface area contributed by atoms with Gasteiger partial charge in [-0.05, 0) is 64.9 Å². The van der Waals surface area contributed by atoms with Crippen molar-refractivity contribution in [2.24, 2.45) is 0 Å². The van der Waals surface area contributed by atoms with Gasteiger partial charge in [-0.1, -0.05) is 60.7 Å². The van der Waals surface area contributed by atoms with E-state index in [0.29, 0.717) is 0 Å². The Balaban J connectivity index is 1.40. The van der Waals surface area contributed by atoms with Crippen molar-refractivity contribution in [3.05, 3.63) is 127 Å². The maximum Gasteiger partial charge on any atom is 0.178 e. The molecule has 0 aliphatic heterocycles. The molecule has 0 spiro atoms. The molecule has 0 amide bonds. The van der Waals surface area contributed by atoms with Gasteiger partial charge in [-0.3, -0.25) is 9.38 Å². The van der Waals surface area contributed by atoms with Crippen molar-refractivity contribution in [1.29, 1.82) is 0 Å². The van der Waals surface area contributed by atoms with Crippen molar-refractivity contribution in [2.75, 3.05) is 0 Å². The molecule has 5 nitrogen and oxygen atoms in total. The molecule has 0 fully saturated rings. The van der Waals surface area contributed by atoms with Crippen molar-refractivity contribution in [3.8, 4) is 16.8 Å². The summed E-state index contributed by atoms with van der Waals surface area (Å²) in [6.07, 6.45) is 6.52.